The van der Waals surface area contributed by atoms with Gasteiger partial charge >= 0.3 is 5.76 Å². The summed E-state index contributed by atoms with van der Waals surface area (Å²) in [5, 5.41) is 6.18. The van der Waals surface area contributed by atoms with Crippen LogP contribution in [0.3, 0.4) is 0 Å². The van der Waals surface area contributed by atoms with Crippen molar-refractivity contribution in [1.82, 2.24) is 14.9 Å². The molecule has 2 N–H and O–H groups in total. The summed E-state index contributed by atoms with van der Waals surface area (Å²) in [6.45, 7) is 3.25. The molecule has 1 heterocycles. The fourth-order valence-corrected chi connectivity index (χ4v) is 4.71. The minimum Gasteiger partial charge on any atom is -0.495 e. The Bertz CT molecular complexity index is 1220. The number of aromatic nitrogens is 2. The van der Waals surface area contributed by atoms with Gasteiger partial charge in [-0.3, -0.25) is 0 Å². The summed E-state index contributed by atoms with van der Waals surface area (Å²) in [4.78, 5) is 11.3. The number of hydrogen-bond donors (Lipinski definition) is 2. The maximum absolute atomic E-state index is 14.1. The number of aromatic amines is 1. The van der Waals surface area contributed by atoms with Gasteiger partial charge < -0.3 is 9.15 Å². The topological polar surface area (TPSA) is 114 Å². The van der Waals surface area contributed by atoms with E-state index in [9.17, 15) is 17.6 Å². The molecule has 0 aliphatic heterocycles. The number of sulfonamides is 1. The zero-order valence-corrected chi connectivity index (χ0v) is 17.8. The van der Waals surface area contributed by atoms with Crippen LogP contribution in [0.15, 0.2) is 50.5 Å². The molecule has 0 bridgehead atoms. The van der Waals surface area contributed by atoms with Crippen LogP contribution in [0.25, 0.3) is 0 Å². The second-order valence-electron chi connectivity index (χ2n) is 6.59. The molecule has 30 heavy (non-hydrogen) atoms. The number of benzene rings is 2. The number of ether oxygens (including phenoxy) is 1. The highest BCUT2D eigenvalue weighted by atomic mass is 35.5. The van der Waals surface area contributed by atoms with Gasteiger partial charge in [0.1, 0.15) is 22.5 Å². The van der Waals surface area contributed by atoms with Crippen LogP contribution in [-0.4, -0.2) is 25.7 Å². The third kappa shape index (κ3) is 4.40. The third-order valence-corrected chi connectivity index (χ3v) is 6.43. The zero-order chi connectivity index (χ0) is 22.1. The second-order valence-corrected chi connectivity index (χ2v) is 8.71. The van der Waals surface area contributed by atoms with E-state index in [1.54, 1.807) is 19.9 Å². The number of halogens is 2. The molecule has 11 heteroatoms. The SMILES string of the molecule is COc1cc(Cl)ccc1S(=O)(=O)NC(c1n[nH]c(=O)o1)C(C)c1cccc(F)c1C. The Morgan fingerprint density at radius 3 is 2.67 bits per heavy atom. The predicted molar refractivity (Wildman–Crippen MR) is 108 cm³/mol. The maximum atomic E-state index is 14.1. The first kappa shape index (κ1) is 22.0. The predicted octanol–water partition coefficient (Wildman–Crippen LogP) is 3.30. The zero-order valence-electron chi connectivity index (χ0n) is 16.3. The van der Waals surface area contributed by atoms with E-state index in [-0.39, 0.29) is 16.5 Å². The lowest BCUT2D eigenvalue weighted by atomic mass is 9.90. The van der Waals surface area contributed by atoms with Crippen LogP contribution in [0, 0.1) is 12.7 Å². The van der Waals surface area contributed by atoms with Crippen molar-refractivity contribution in [3.8, 4) is 5.75 Å². The molecule has 1 aromatic heterocycles. The van der Waals surface area contributed by atoms with Crippen molar-refractivity contribution < 1.29 is 22.0 Å². The molecule has 3 aromatic rings. The van der Waals surface area contributed by atoms with E-state index in [0.29, 0.717) is 16.1 Å². The summed E-state index contributed by atoms with van der Waals surface area (Å²) in [6.07, 6.45) is 0. The Balaban J connectivity index is 2.08. The molecule has 2 atom stereocenters. The molecule has 0 amide bonds. The van der Waals surface area contributed by atoms with E-state index in [1.807, 2.05) is 0 Å². The highest BCUT2D eigenvalue weighted by molar-refractivity contribution is 7.89. The lowest BCUT2D eigenvalue weighted by molar-refractivity contribution is 0.378. The molecule has 0 fully saturated rings. The minimum absolute atomic E-state index is 0.0341. The van der Waals surface area contributed by atoms with Gasteiger partial charge in [-0.25, -0.2) is 22.7 Å². The molecule has 0 saturated carbocycles. The van der Waals surface area contributed by atoms with Crippen molar-refractivity contribution in [3.05, 3.63) is 74.8 Å². The van der Waals surface area contributed by atoms with Gasteiger partial charge in [0.2, 0.25) is 15.9 Å². The van der Waals surface area contributed by atoms with Crippen molar-refractivity contribution in [2.24, 2.45) is 0 Å². The van der Waals surface area contributed by atoms with E-state index < -0.39 is 33.6 Å². The van der Waals surface area contributed by atoms with Gasteiger partial charge in [0, 0.05) is 17.0 Å². The molecule has 0 spiro atoms. The molecule has 2 unspecified atom stereocenters. The average molecular weight is 456 g/mol. The smallest absolute Gasteiger partial charge is 0.434 e. The highest BCUT2D eigenvalue weighted by Crippen LogP contribution is 2.35. The molecule has 2 aromatic carbocycles. The van der Waals surface area contributed by atoms with Crippen molar-refractivity contribution in [2.75, 3.05) is 7.11 Å². The molecule has 160 valence electrons. The quantitative estimate of drug-likeness (QED) is 0.565. The van der Waals surface area contributed by atoms with Crippen LogP contribution in [-0.2, 0) is 10.0 Å². The van der Waals surface area contributed by atoms with Crippen LogP contribution in [0.4, 0.5) is 4.39 Å². The molecule has 3 rings (SSSR count). The molecule has 0 saturated heterocycles. The third-order valence-electron chi connectivity index (χ3n) is 4.72. The van der Waals surface area contributed by atoms with E-state index in [4.69, 9.17) is 20.8 Å². The van der Waals surface area contributed by atoms with E-state index in [0.717, 1.165) is 0 Å². The summed E-state index contributed by atoms with van der Waals surface area (Å²) in [7, 11) is -2.86. The lowest BCUT2D eigenvalue weighted by Crippen LogP contribution is -2.32. The summed E-state index contributed by atoms with van der Waals surface area (Å²) in [5.74, 6) is -2.08. The number of nitrogens with zero attached hydrogens (tertiary/aromatic N) is 1. The Morgan fingerprint density at radius 2 is 2.03 bits per heavy atom. The number of methoxy groups -OCH3 is 1. The first-order valence-electron chi connectivity index (χ1n) is 8.80. The average Bonchev–Trinajstić information content (AvgIpc) is 3.13. The minimum atomic E-state index is -4.18. The Hall–Kier alpha value is -2.69. The molecular weight excluding hydrogens is 437 g/mol. The van der Waals surface area contributed by atoms with Gasteiger partial charge in [-0.15, -0.1) is 5.10 Å². The van der Waals surface area contributed by atoms with Crippen LogP contribution >= 0.6 is 11.6 Å². The lowest BCUT2D eigenvalue weighted by Gasteiger charge is -2.24. The van der Waals surface area contributed by atoms with Crippen molar-refractivity contribution >= 4 is 21.6 Å². The largest absolute Gasteiger partial charge is 0.495 e. The maximum Gasteiger partial charge on any atom is 0.434 e. The van der Waals surface area contributed by atoms with Crippen molar-refractivity contribution in [3.63, 3.8) is 0 Å². The molecule has 8 nitrogen and oxygen atoms in total. The van der Waals surface area contributed by atoms with Crippen molar-refractivity contribution in [1.29, 1.82) is 0 Å². The number of H-pyrrole nitrogens is 1. The summed E-state index contributed by atoms with van der Waals surface area (Å²) >= 11 is 5.92. The van der Waals surface area contributed by atoms with Gasteiger partial charge in [0.05, 0.1) is 7.11 Å². The van der Waals surface area contributed by atoms with Crippen molar-refractivity contribution in [2.45, 2.75) is 30.7 Å². The number of rotatable bonds is 7. The van der Waals surface area contributed by atoms with Crippen LogP contribution < -0.4 is 15.2 Å². The summed E-state index contributed by atoms with van der Waals surface area (Å²) < 4.78 is 53.0. The summed E-state index contributed by atoms with van der Waals surface area (Å²) in [5.41, 5.74) is 0.868. The van der Waals surface area contributed by atoms with Gasteiger partial charge in [0.15, 0.2) is 0 Å². The Morgan fingerprint density at radius 1 is 1.30 bits per heavy atom. The Kier molecular flexibility index (Phi) is 6.30. The highest BCUT2D eigenvalue weighted by Gasteiger charge is 2.33. The molecule has 0 aliphatic rings. The van der Waals surface area contributed by atoms with Gasteiger partial charge in [0.25, 0.3) is 0 Å². The van der Waals surface area contributed by atoms with E-state index in [1.165, 1.54) is 37.4 Å². The van der Waals surface area contributed by atoms with Gasteiger partial charge in [-0.2, -0.15) is 4.72 Å². The normalized spacial score (nSPS) is 13.8. The monoisotopic (exact) mass is 455 g/mol. The molecule has 0 radical (unpaired) electrons. The van der Waals surface area contributed by atoms with Gasteiger partial charge in [-0.1, -0.05) is 30.7 Å². The molecule has 0 aliphatic carbocycles. The Labute approximate surface area is 177 Å². The number of hydrogen-bond acceptors (Lipinski definition) is 6. The fraction of sp³-hybridized carbons (Fsp3) is 0.263. The molecular formula is C19H19ClFN3O5S. The van der Waals surface area contributed by atoms with Crippen LogP contribution in [0.5, 0.6) is 5.75 Å². The van der Waals surface area contributed by atoms with Gasteiger partial charge in [-0.05, 0) is 36.2 Å². The van der Waals surface area contributed by atoms with Crippen LogP contribution in [0.2, 0.25) is 5.02 Å². The fourth-order valence-electron chi connectivity index (χ4n) is 3.13. The van der Waals surface area contributed by atoms with Crippen LogP contribution in [0.1, 0.15) is 35.9 Å². The first-order valence-corrected chi connectivity index (χ1v) is 10.7. The first-order chi connectivity index (χ1) is 14.1. The standard InChI is InChI=1S/C19H19ClFN3O5S/c1-10-13(5-4-6-14(10)21)11(2)17(18-22-23-19(25)29-18)24-30(26,27)16-8-7-12(20)9-15(16)28-3/h4-9,11,17,24H,1-3H3,(H,23,25). The van der Waals surface area contributed by atoms with E-state index in [2.05, 4.69) is 14.9 Å². The summed E-state index contributed by atoms with van der Waals surface area (Å²) in [6, 6.07) is 7.43. The van der Waals surface area contributed by atoms with E-state index >= 15 is 0 Å². The number of nitrogens with one attached hydrogen (secondary N) is 2. The second kappa shape index (κ2) is 8.58.